The Hall–Kier alpha value is -1.80. The van der Waals surface area contributed by atoms with Crippen LogP contribution in [0, 0.1) is 0 Å². The average Bonchev–Trinajstić information content (AvgIpc) is 2.70. The van der Waals surface area contributed by atoms with E-state index in [4.69, 9.17) is 9.47 Å². The Kier molecular flexibility index (Phi) is 8.70. The lowest BCUT2D eigenvalue weighted by Gasteiger charge is -2.32. The molecular formula is C20H26O6. The smallest absolute Gasteiger partial charge is 0.115 e. The third kappa shape index (κ3) is 6.17. The van der Waals surface area contributed by atoms with Crippen molar-refractivity contribution in [2.45, 2.75) is 37.6 Å². The predicted molar refractivity (Wildman–Crippen MR) is 96.2 cm³/mol. The minimum absolute atomic E-state index is 0.173. The second-order valence-electron chi connectivity index (χ2n) is 6.02. The Bertz CT molecular complexity index is 551. The van der Waals surface area contributed by atoms with E-state index in [2.05, 4.69) is 0 Å². The molecule has 0 aromatic heterocycles. The van der Waals surface area contributed by atoms with E-state index < -0.39 is 37.6 Å². The van der Waals surface area contributed by atoms with E-state index in [0.717, 1.165) is 11.1 Å². The van der Waals surface area contributed by atoms with Crippen molar-refractivity contribution < 1.29 is 29.9 Å². The highest BCUT2D eigenvalue weighted by Gasteiger charge is 2.35. The quantitative estimate of drug-likeness (QED) is 0.473. The van der Waals surface area contributed by atoms with Crippen LogP contribution in [0.3, 0.4) is 0 Å². The molecule has 0 unspecified atom stereocenters. The highest BCUT2D eigenvalue weighted by molar-refractivity contribution is 5.14. The third-order valence-electron chi connectivity index (χ3n) is 4.03. The molecule has 0 fully saturated rings. The van der Waals surface area contributed by atoms with Crippen LogP contribution in [0.25, 0.3) is 0 Å². The van der Waals surface area contributed by atoms with Gasteiger partial charge in [-0.2, -0.15) is 0 Å². The normalized spacial score (nSPS) is 16.0. The lowest BCUT2D eigenvalue weighted by molar-refractivity contribution is -0.177. The highest BCUT2D eigenvalue weighted by Crippen LogP contribution is 2.18. The molecule has 0 aliphatic heterocycles. The molecule has 0 spiro atoms. The van der Waals surface area contributed by atoms with Gasteiger partial charge in [-0.25, -0.2) is 0 Å². The first kappa shape index (κ1) is 20.5. The van der Waals surface area contributed by atoms with Crippen molar-refractivity contribution in [3.63, 3.8) is 0 Å². The Morgan fingerprint density at radius 3 is 1.27 bits per heavy atom. The minimum atomic E-state index is -1.26. The number of benzene rings is 2. The molecular weight excluding hydrogens is 336 g/mol. The zero-order chi connectivity index (χ0) is 18.8. The fourth-order valence-electron chi connectivity index (χ4n) is 2.59. The summed E-state index contributed by atoms with van der Waals surface area (Å²) in [4.78, 5) is 0. The topological polar surface area (TPSA) is 99.4 Å². The molecule has 26 heavy (non-hydrogen) atoms. The summed E-state index contributed by atoms with van der Waals surface area (Å²) in [5.74, 6) is 0. The van der Waals surface area contributed by atoms with E-state index in [-0.39, 0.29) is 13.2 Å². The highest BCUT2D eigenvalue weighted by atomic mass is 16.6. The number of rotatable bonds is 11. The summed E-state index contributed by atoms with van der Waals surface area (Å²) in [5.41, 5.74) is 1.76. The second kappa shape index (κ2) is 11.0. The Balaban J connectivity index is 2.09. The molecule has 142 valence electrons. The Morgan fingerprint density at radius 2 is 0.962 bits per heavy atom. The Labute approximate surface area is 153 Å². The number of aliphatic hydroxyl groups is 4. The predicted octanol–water partition coefficient (Wildman–Crippen LogP) is 0.864. The van der Waals surface area contributed by atoms with E-state index in [9.17, 15) is 20.4 Å². The Morgan fingerprint density at radius 1 is 0.615 bits per heavy atom. The first-order valence-electron chi connectivity index (χ1n) is 8.54. The second-order valence-corrected chi connectivity index (χ2v) is 6.02. The van der Waals surface area contributed by atoms with Gasteiger partial charge in [0.05, 0.1) is 26.4 Å². The molecule has 0 saturated heterocycles. The van der Waals surface area contributed by atoms with Gasteiger partial charge in [-0.1, -0.05) is 60.7 Å². The van der Waals surface area contributed by atoms with Crippen LogP contribution in [0.15, 0.2) is 60.7 Å². The number of aliphatic hydroxyl groups excluding tert-OH is 4. The molecule has 0 radical (unpaired) electrons. The number of hydrogen-bond acceptors (Lipinski definition) is 6. The molecule has 6 nitrogen and oxygen atoms in total. The molecule has 0 amide bonds. The maximum atomic E-state index is 10.2. The van der Waals surface area contributed by atoms with Crippen LogP contribution in [0.2, 0.25) is 0 Å². The zero-order valence-electron chi connectivity index (χ0n) is 14.5. The van der Waals surface area contributed by atoms with Gasteiger partial charge >= 0.3 is 0 Å². The molecule has 6 heteroatoms. The van der Waals surface area contributed by atoms with Crippen molar-refractivity contribution in [2.24, 2.45) is 0 Å². The largest absolute Gasteiger partial charge is 0.394 e. The lowest BCUT2D eigenvalue weighted by atomic mass is 10.0. The van der Waals surface area contributed by atoms with Crippen molar-refractivity contribution in [1.29, 1.82) is 0 Å². The van der Waals surface area contributed by atoms with E-state index in [1.165, 1.54) is 0 Å². The summed E-state index contributed by atoms with van der Waals surface area (Å²) >= 11 is 0. The maximum Gasteiger partial charge on any atom is 0.115 e. The molecule has 0 saturated carbocycles. The van der Waals surface area contributed by atoms with Gasteiger partial charge < -0.3 is 29.9 Å². The van der Waals surface area contributed by atoms with Gasteiger partial charge in [-0.15, -0.1) is 0 Å². The van der Waals surface area contributed by atoms with Gasteiger partial charge in [0.25, 0.3) is 0 Å². The molecule has 2 aromatic rings. The molecule has 0 heterocycles. The lowest BCUT2D eigenvalue weighted by Crippen LogP contribution is -2.50. The average molecular weight is 362 g/mol. The molecule has 2 aromatic carbocycles. The van der Waals surface area contributed by atoms with Crippen LogP contribution in [0.1, 0.15) is 11.1 Å². The van der Waals surface area contributed by atoms with Crippen molar-refractivity contribution >= 4 is 0 Å². The number of hydrogen-bond donors (Lipinski definition) is 4. The van der Waals surface area contributed by atoms with Crippen molar-refractivity contribution in [3.8, 4) is 0 Å². The number of ether oxygens (including phenoxy) is 2. The maximum absolute atomic E-state index is 10.2. The first-order valence-corrected chi connectivity index (χ1v) is 8.54. The fourth-order valence-corrected chi connectivity index (χ4v) is 2.59. The summed E-state index contributed by atoms with van der Waals surface area (Å²) < 4.78 is 11.5. The van der Waals surface area contributed by atoms with Gasteiger partial charge in [0.15, 0.2) is 0 Å². The molecule has 0 aliphatic rings. The van der Waals surface area contributed by atoms with E-state index >= 15 is 0 Å². The summed E-state index contributed by atoms with van der Waals surface area (Å²) in [5, 5.41) is 39.0. The van der Waals surface area contributed by atoms with E-state index in [0.29, 0.717) is 0 Å². The van der Waals surface area contributed by atoms with Gasteiger partial charge in [0.2, 0.25) is 0 Å². The molecule has 4 atom stereocenters. The molecule has 0 bridgehead atoms. The molecule has 4 N–H and O–H groups in total. The summed E-state index contributed by atoms with van der Waals surface area (Å²) in [6.07, 6.45) is -4.54. The standard InChI is InChI=1S/C20H26O6/c21-11-17(23)19(25-13-15-7-3-1-4-8-15)20(18(24)12-22)26-14-16-9-5-2-6-10-16/h1-10,17-24H,11-14H2/t17-,18-,19-,20+/m1/s1. The van der Waals surface area contributed by atoms with Gasteiger partial charge in [0.1, 0.15) is 24.4 Å². The molecule has 2 rings (SSSR count). The SMILES string of the molecule is OC[C@@H](O)[C@H](OCc1ccccc1)[C@H](OCc1ccccc1)[C@H](O)CO. The summed E-state index contributed by atoms with van der Waals surface area (Å²) in [6.45, 7) is -0.760. The summed E-state index contributed by atoms with van der Waals surface area (Å²) in [7, 11) is 0. The van der Waals surface area contributed by atoms with Gasteiger partial charge in [0, 0.05) is 0 Å². The van der Waals surface area contributed by atoms with Crippen LogP contribution in [0.4, 0.5) is 0 Å². The minimum Gasteiger partial charge on any atom is -0.394 e. The van der Waals surface area contributed by atoms with Gasteiger partial charge in [-0.3, -0.25) is 0 Å². The zero-order valence-corrected chi connectivity index (χ0v) is 14.5. The van der Waals surface area contributed by atoms with Crippen LogP contribution >= 0.6 is 0 Å². The van der Waals surface area contributed by atoms with Crippen LogP contribution in [0.5, 0.6) is 0 Å². The van der Waals surface area contributed by atoms with E-state index in [1.807, 2.05) is 60.7 Å². The van der Waals surface area contributed by atoms with Crippen LogP contribution in [-0.4, -0.2) is 58.1 Å². The van der Waals surface area contributed by atoms with Crippen molar-refractivity contribution in [2.75, 3.05) is 13.2 Å². The summed E-state index contributed by atoms with van der Waals surface area (Å²) in [6, 6.07) is 18.7. The van der Waals surface area contributed by atoms with Gasteiger partial charge in [-0.05, 0) is 11.1 Å². The monoisotopic (exact) mass is 362 g/mol. The third-order valence-corrected chi connectivity index (χ3v) is 4.03. The van der Waals surface area contributed by atoms with Crippen molar-refractivity contribution in [3.05, 3.63) is 71.8 Å². The van der Waals surface area contributed by atoms with Crippen LogP contribution < -0.4 is 0 Å². The van der Waals surface area contributed by atoms with Crippen LogP contribution in [-0.2, 0) is 22.7 Å². The van der Waals surface area contributed by atoms with E-state index in [1.54, 1.807) is 0 Å². The molecule has 0 aliphatic carbocycles. The first-order chi connectivity index (χ1) is 12.7. The fraction of sp³-hybridized carbons (Fsp3) is 0.400. The van der Waals surface area contributed by atoms with Crippen molar-refractivity contribution in [1.82, 2.24) is 0 Å².